The van der Waals surface area contributed by atoms with Crippen LogP contribution in [-0.4, -0.2) is 17.6 Å². The zero-order valence-corrected chi connectivity index (χ0v) is 18.6. The predicted molar refractivity (Wildman–Crippen MR) is 126 cm³/mol. The molecule has 6 heteroatoms. The van der Waals surface area contributed by atoms with E-state index < -0.39 is 6.04 Å². The van der Waals surface area contributed by atoms with Crippen molar-refractivity contribution in [3.8, 4) is 11.5 Å². The first-order valence-electron chi connectivity index (χ1n) is 10.8. The number of carbonyl (C=O) groups is 1. The highest BCUT2D eigenvalue weighted by Gasteiger charge is 2.44. The van der Waals surface area contributed by atoms with Crippen LogP contribution in [0.2, 0.25) is 0 Å². The molecule has 0 spiro atoms. The van der Waals surface area contributed by atoms with E-state index in [1.54, 1.807) is 41.3 Å². The monoisotopic (exact) mass is 441 g/mol. The second-order valence-corrected chi connectivity index (χ2v) is 8.18. The van der Waals surface area contributed by atoms with Crippen LogP contribution < -0.4 is 15.1 Å². The Balaban J connectivity index is 1.80. The number of benzene rings is 3. The summed E-state index contributed by atoms with van der Waals surface area (Å²) < 4.78 is 11.6. The Morgan fingerprint density at radius 1 is 1.00 bits per heavy atom. The Kier molecular flexibility index (Phi) is 4.93. The topological polar surface area (TPSA) is 80.0 Å². The van der Waals surface area contributed by atoms with Crippen molar-refractivity contribution >= 4 is 22.6 Å². The molecule has 33 heavy (non-hydrogen) atoms. The number of phenols is 1. The molecule has 0 aliphatic carbocycles. The number of para-hydroxylation sites is 1. The van der Waals surface area contributed by atoms with Crippen molar-refractivity contribution in [2.24, 2.45) is 0 Å². The third-order valence-corrected chi connectivity index (χ3v) is 6.15. The van der Waals surface area contributed by atoms with Gasteiger partial charge in [-0.2, -0.15) is 0 Å². The molecule has 166 valence electrons. The Morgan fingerprint density at radius 3 is 2.55 bits per heavy atom. The molecule has 0 fully saturated rings. The molecule has 0 bridgehead atoms. The zero-order chi connectivity index (χ0) is 23.3. The van der Waals surface area contributed by atoms with Gasteiger partial charge in [0.25, 0.3) is 5.91 Å². The molecule has 0 saturated heterocycles. The molecular weight excluding hydrogens is 418 g/mol. The molecule has 3 aromatic carbocycles. The SMILES string of the molecule is CCOc1cc(C2c3c(oc4ccccc4c3=O)C(=O)N2c2ccc(C)c(C)c2)ccc1O. The maximum atomic E-state index is 13.7. The number of ether oxygens (including phenoxy) is 1. The smallest absolute Gasteiger partial charge is 0.295 e. The number of rotatable bonds is 4. The molecule has 1 N–H and O–H groups in total. The second-order valence-electron chi connectivity index (χ2n) is 8.18. The molecule has 0 radical (unpaired) electrons. The minimum atomic E-state index is -0.727. The molecular formula is C27H23NO5. The fraction of sp³-hybridized carbons (Fsp3) is 0.185. The van der Waals surface area contributed by atoms with Crippen LogP contribution >= 0.6 is 0 Å². The summed E-state index contributed by atoms with van der Waals surface area (Å²) in [6, 6.07) is 16.8. The van der Waals surface area contributed by atoms with E-state index in [1.807, 2.05) is 39.0 Å². The van der Waals surface area contributed by atoms with E-state index in [1.165, 1.54) is 6.07 Å². The summed E-state index contributed by atoms with van der Waals surface area (Å²) in [7, 11) is 0. The van der Waals surface area contributed by atoms with Gasteiger partial charge in [0.15, 0.2) is 16.9 Å². The van der Waals surface area contributed by atoms with Gasteiger partial charge in [0.1, 0.15) is 5.58 Å². The van der Waals surface area contributed by atoms with Crippen molar-refractivity contribution in [1.82, 2.24) is 0 Å². The number of aromatic hydroxyl groups is 1. The van der Waals surface area contributed by atoms with Crippen molar-refractivity contribution < 1.29 is 19.1 Å². The lowest BCUT2D eigenvalue weighted by atomic mass is 9.97. The van der Waals surface area contributed by atoms with Gasteiger partial charge < -0.3 is 14.3 Å². The molecule has 0 saturated carbocycles. The number of fused-ring (bicyclic) bond motifs is 2. The van der Waals surface area contributed by atoms with E-state index in [4.69, 9.17) is 9.15 Å². The molecule has 1 atom stereocenters. The quantitative estimate of drug-likeness (QED) is 0.467. The summed E-state index contributed by atoms with van der Waals surface area (Å²) in [5.74, 6) is -0.0605. The number of aryl methyl sites for hydroxylation is 2. The molecule has 4 aromatic rings. The van der Waals surface area contributed by atoms with Crippen molar-refractivity contribution in [1.29, 1.82) is 0 Å². The first-order valence-corrected chi connectivity index (χ1v) is 10.8. The second kappa shape index (κ2) is 7.81. The normalized spacial score (nSPS) is 15.2. The Morgan fingerprint density at radius 2 is 1.79 bits per heavy atom. The van der Waals surface area contributed by atoms with Gasteiger partial charge in [0.05, 0.1) is 23.6 Å². The van der Waals surface area contributed by atoms with Gasteiger partial charge in [-0.15, -0.1) is 0 Å². The molecule has 6 nitrogen and oxygen atoms in total. The van der Waals surface area contributed by atoms with Gasteiger partial charge in [0, 0.05) is 5.69 Å². The lowest BCUT2D eigenvalue weighted by Gasteiger charge is -2.26. The van der Waals surface area contributed by atoms with Crippen LogP contribution in [0.25, 0.3) is 11.0 Å². The summed E-state index contributed by atoms with van der Waals surface area (Å²) in [6.45, 7) is 6.17. The molecule has 5 rings (SSSR count). The molecule has 1 unspecified atom stereocenters. The van der Waals surface area contributed by atoms with Crippen LogP contribution in [0.5, 0.6) is 11.5 Å². The molecule has 2 heterocycles. The highest BCUT2D eigenvalue weighted by molar-refractivity contribution is 6.10. The van der Waals surface area contributed by atoms with Crippen LogP contribution in [0, 0.1) is 13.8 Å². The van der Waals surface area contributed by atoms with Crippen molar-refractivity contribution in [3.63, 3.8) is 0 Å². The largest absolute Gasteiger partial charge is 0.504 e. The van der Waals surface area contributed by atoms with Crippen LogP contribution in [-0.2, 0) is 0 Å². The van der Waals surface area contributed by atoms with E-state index in [-0.39, 0.29) is 28.4 Å². The summed E-state index contributed by atoms with van der Waals surface area (Å²) in [5, 5.41) is 10.6. The average Bonchev–Trinajstić information content (AvgIpc) is 3.10. The highest BCUT2D eigenvalue weighted by atomic mass is 16.5. The number of nitrogens with zero attached hydrogens (tertiary/aromatic N) is 1. The molecule has 1 amide bonds. The number of hydrogen-bond donors (Lipinski definition) is 1. The Labute approximate surface area is 190 Å². The van der Waals surface area contributed by atoms with Crippen LogP contribution in [0.15, 0.2) is 69.9 Å². The third-order valence-electron chi connectivity index (χ3n) is 6.15. The first kappa shape index (κ1) is 20.8. The first-order chi connectivity index (χ1) is 15.9. The molecule has 1 aromatic heterocycles. The van der Waals surface area contributed by atoms with Crippen molar-refractivity contribution in [2.45, 2.75) is 26.8 Å². The number of anilines is 1. The van der Waals surface area contributed by atoms with Gasteiger partial charge in [-0.3, -0.25) is 14.5 Å². The molecule has 1 aliphatic heterocycles. The molecule has 1 aliphatic rings. The maximum absolute atomic E-state index is 13.7. The van der Waals surface area contributed by atoms with Crippen LogP contribution in [0.4, 0.5) is 5.69 Å². The van der Waals surface area contributed by atoms with E-state index in [9.17, 15) is 14.7 Å². The summed E-state index contributed by atoms with van der Waals surface area (Å²) in [4.78, 5) is 28.9. The number of amides is 1. The predicted octanol–water partition coefficient (Wildman–Crippen LogP) is 5.26. The zero-order valence-electron chi connectivity index (χ0n) is 18.6. The summed E-state index contributed by atoms with van der Waals surface area (Å²) in [5.41, 5.74) is 3.84. The maximum Gasteiger partial charge on any atom is 0.295 e. The van der Waals surface area contributed by atoms with E-state index in [0.29, 0.717) is 34.6 Å². The van der Waals surface area contributed by atoms with Gasteiger partial charge >= 0.3 is 0 Å². The third kappa shape index (κ3) is 3.26. The summed E-state index contributed by atoms with van der Waals surface area (Å²) >= 11 is 0. The number of phenolic OH excluding ortho intramolecular Hbond substituents is 1. The van der Waals surface area contributed by atoms with Crippen LogP contribution in [0.3, 0.4) is 0 Å². The summed E-state index contributed by atoms with van der Waals surface area (Å²) in [6.07, 6.45) is 0. The number of carbonyl (C=O) groups excluding carboxylic acids is 1. The van der Waals surface area contributed by atoms with Crippen LogP contribution in [0.1, 0.15) is 45.8 Å². The standard InChI is InChI=1S/C27H23NO5/c1-4-32-22-14-17(10-12-20(22)29)24-23-25(30)19-7-5-6-8-21(19)33-26(23)27(31)28(24)18-11-9-15(2)16(3)13-18/h5-14,24,29H,4H2,1-3H3. The van der Waals surface area contributed by atoms with Crippen molar-refractivity contribution in [2.75, 3.05) is 11.5 Å². The number of hydrogen-bond acceptors (Lipinski definition) is 5. The minimum absolute atomic E-state index is 0.00609. The van der Waals surface area contributed by atoms with Gasteiger partial charge in [-0.1, -0.05) is 24.3 Å². The Bertz CT molecular complexity index is 1470. The average molecular weight is 441 g/mol. The van der Waals surface area contributed by atoms with E-state index in [0.717, 1.165) is 11.1 Å². The highest BCUT2D eigenvalue weighted by Crippen LogP contribution is 2.43. The minimum Gasteiger partial charge on any atom is -0.504 e. The fourth-order valence-corrected chi connectivity index (χ4v) is 4.35. The van der Waals surface area contributed by atoms with E-state index in [2.05, 4.69) is 0 Å². The van der Waals surface area contributed by atoms with Gasteiger partial charge in [-0.05, 0) is 73.9 Å². The lowest BCUT2D eigenvalue weighted by molar-refractivity contribution is 0.0971. The van der Waals surface area contributed by atoms with Crippen molar-refractivity contribution in [3.05, 3.63) is 98.9 Å². The fourth-order valence-electron chi connectivity index (χ4n) is 4.35. The van der Waals surface area contributed by atoms with E-state index >= 15 is 0 Å². The Hall–Kier alpha value is -4.06. The van der Waals surface area contributed by atoms with Gasteiger partial charge in [0.2, 0.25) is 5.76 Å². The van der Waals surface area contributed by atoms with Gasteiger partial charge in [-0.25, -0.2) is 0 Å². The lowest BCUT2D eigenvalue weighted by Crippen LogP contribution is -2.29.